The minimum atomic E-state index is -3.36. The first-order chi connectivity index (χ1) is 6.93. The number of esters is 1. The van der Waals surface area contributed by atoms with E-state index in [0.717, 1.165) is 0 Å². The molecule has 1 rings (SSSR count). The van der Waals surface area contributed by atoms with Crippen LogP contribution in [0.25, 0.3) is 0 Å². The zero-order valence-corrected chi connectivity index (χ0v) is 9.38. The Hall–Kier alpha value is -0.910. The molecule has 0 heterocycles. The summed E-state index contributed by atoms with van der Waals surface area (Å²) in [5.74, 6) is -0.946. The van der Waals surface area contributed by atoms with Crippen LogP contribution in [0.5, 0.6) is 0 Å². The van der Waals surface area contributed by atoms with Crippen LogP contribution in [0.3, 0.4) is 0 Å². The fourth-order valence-electron chi connectivity index (χ4n) is 1.56. The molecule has 0 aliphatic heterocycles. The minimum Gasteiger partial charge on any atom is -0.469 e. The zero-order chi connectivity index (χ0) is 11.5. The fraction of sp³-hybridized carbons (Fsp3) is 0.778. The maximum absolute atomic E-state index is 11.4. The van der Waals surface area contributed by atoms with Gasteiger partial charge in [0.15, 0.2) is 9.84 Å². The van der Waals surface area contributed by atoms with Crippen molar-refractivity contribution in [2.75, 3.05) is 18.6 Å². The van der Waals surface area contributed by atoms with E-state index in [1.165, 1.54) is 7.11 Å². The van der Waals surface area contributed by atoms with Gasteiger partial charge in [-0.2, -0.15) is 0 Å². The highest BCUT2D eigenvalue weighted by Crippen LogP contribution is 2.50. The van der Waals surface area contributed by atoms with Gasteiger partial charge < -0.3 is 9.53 Å². The summed E-state index contributed by atoms with van der Waals surface area (Å²) < 4.78 is 27.2. The van der Waals surface area contributed by atoms with Crippen molar-refractivity contribution in [1.29, 1.82) is 0 Å². The molecule has 15 heavy (non-hydrogen) atoms. The molecule has 0 bridgehead atoms. The first kappa shape index (κ1) is 12.2. The molecule has 1 aliphatic carbocycles. The fourth-order valence-corrected chi connectivity index (χ4v) is 3.21. The van der Waals surface area contributed by atoms with Crippen LogP contribution in [0.2, 0.25) is 0 Å². The Morgan fingerprint density at radius 1 is 1.47 bits per heavy atom. The van der Waals surface area contributed by atoms with E-state index in [-0.39, 0.29) is 12.2 Å². The minimum absolute atomic E-state index is 0.0894. The van der Waals surface area contributed by atoms with E-state index in [1.807, 2.05) is 0 Å². The van der Waals surface area contributed by atoms with Gasteiger partial charge in [-0.25, -0.2) is 8.42 Å². The van der Waals surface area contributed by atoms with E-state index >= 15 is 0 Å². The second-order valence-corrected chi connectivity index (χ2v) is 6.08. The lowest BCUT2D eigenvalue weighted by Crippen LogP contribution is -2.23. The Bertz CT molecular complexity index is 353. The Morgan fingerprint density at radius 3 is 2.47 bits per heavy atom. The van der Waals surface area contributed by atoms with Crippen molar-refractivity contribution in [3.8, 4) is 0 Å². The van der Waals surface area contributed by atoms with Crippen LogP contribution >= 0.6 is 0 Å². The molecule has 0 N–H and O–H groups in total. The highest BCUT2D eigenvalue weighted by Gasteiger charge is 2.47. The molecule has 5 nitrogen and oxygen atoms in total. The van der Waals surface area contributed by atoms with Gasteiger partial charge in [0.25, 0.3) is 0 Å². The van der Waals surface area contributed by atoms with Crippen LogP contribution in [-0.4, -0.2) is 39.3 Å². The number of methoxy groups -OCH3 is 1. The van der Waals surface area contributed by atoms with Crippen molar-refractivity contribution in [2.45, 2.75) is 19.3 Å². The standard InChI is InChI=1S/C9H14O5S/c1-14-8(11)6-9(2-3-9)7-15(12,13)5-4-10/h4H,2-3,5-7H2,1H3. The molecule has 0 amide bonds. The molecule has 0 radical (unpaired) electrons. The highest BCUT2D eigenvalue weighted by molar-refractivity contribution is 7.92. The largest absolute Gasteiger partial charge is 0.469 e. The normalized spacial score (nSPS) is 18.2. The smallest absolute Gasteiger partial charge is 0.306 e. The van der Waals surface area contributed by atoms with E-state index in [1.54, 1.807) is 0 Å². The van der Waals surface area contributed by atoms with Crippen LogP contribution in [0.15, 0.2) is 0 Å². The summed E-state index contributed by atoms with van der Waals surface area (Å²) in [7, 11) is -2.08. The molecule has 0 unspecified atom stereocenters. The summed E-state index contributed by atoms with van der Waals surface area (Å²) in [5, 5.41) is 0. The molecule has 86 valence electrons. The van der Waals surface area contributed by atoms with Crippen molar-refractivity contribution >= 4 is 22.1 Å². The zero-order valence-electron chi connectivity index (χ0n) is 8.56. The number of ether oxygens (including phenoxy) is 1. The SMILES string of the molecule is COC(=O)CC1(CS(=O)(=O)CC=O)CC1. The van der Waals surface area contributed by atoms with Crippen molar-refractivity contribution in [3.63, 3.8) is 0 Å². The molecule has 0 spiro atoms. The average molecular weight is 234 g/mol. The third kappa shape index (κ3) is 3.62. The Balaban J connectivity index is 2.57. The van der Waals surface area contributed by atoms with Crippen LogP contribution in [-0.2, 0) is 24.2 Å². The molecule has 1 saturated carbocycles. The van der Waals surface area contributed by atoms with Crippen LogP contribution < -0.4 is 0 Å². The number of aldehydes is 1. The van der Waals surface area contributed by atoms with Gasteiger partial charge in [-0.3, -0.25) is 4.79 Å². The molecule has 1 fully saturated rings. The third-order valence-corrected chi connectivity index (χ3v) is 4.25. The Labute approximate surface area is 88.7 Å². The highest BCUT2D eigenvalue weighted by atomic mass is 32.2. The van der Waals surface area contributed by atoms with Gasteiger partial charge in [0, 0.05) is 0 Å². The van der Waals surface area contributed by atoms with Gasteiger partial charge in [-0.1, -0.05) is 0 Å². The lowest BCUT2D eigenvalue weighted by molar-refractivity contribution is -0.141. The monoisotopic (exact) mass is 234 g/mol. The number of hydrogen-bond acceptors (Lipinski definition) is 5. The van der Waals surface area contributed by atoms with E-state index in [2.05, 4.69) is 4.74 Å². The second-order valence-electron chi connectivity index (χ2n) is 3.97. The van der Waals surface area contributed by atoms with Crippen molar-refractivity contribution < 1.29 is 22.7 Å². The molecular weight excluding hydrogens is 220 g/mol. The predicted molar refractivity (Wildman–Crippen MR) is 53.0 cm³/mol. The van der Waals surface area contributed by atoms with Crippen LogP contribution in [0, 0.1) is 5.41 Å². The van der Waals surface area contributed by atoms with E-state index in [4.69, 9.17) is 0 Å². The molecule has 0 saturated heterocycles. The van der Waals surface area contributed by atoms with Gasteiger partial charge >= 0.3 is 5.97 Å². The maximum atomic E-state index is 11.4. The number of carbonyl (C=O) groups is 2. The first-order valence-corrected chi connectivity index (χ1v) is 6.46. The van der Waals surface area contributed by atoms with Gasteiger partial charge in [0.2, 0.25) is 0 Å². The van der Waals surface area contributed by atoms with Crippen LogP contribution in [0.1, 0.15) is 19.3 Å². The molecule has 1 aliphatic rings. The van der Waals surface area contributed by atoms with E-state index in [9.17, 15) is 18.0 Å². The van der Waals surface area contributed by atoms with Crippen molar-refractivity contribution in [1.82, 2.24) is 0 Å². The molecule has 0 atom stereocenters. The van der Waals surface area contributed by atoms with Crippen molar-refractivity contribution in [2.24, 2.45) is 5.41 Å². The van der Waals surface area contributed by atoms with Crippen LogP contribution in [0.4, 0.5) is 0 Å². The maximum Gasteiger partial charge on any atom is 0.306 e. The number of sulfone groups is 1. The summed E-state index contributed by atoms with van der Waals surface area (Å²) in [6.45, 7) is 0. The lowest BCUT2D eigenvalue weighted by Gasteiger charge is -2.12. The molecule has 6 heteroatoms. The summed E-state index contributed by atoms with van der Waals surface area (Å²) >= 11 is 0. The quantitative estimate of drug-likeness (QED) is 0.475. The predicted octanol–water partition coefficient (Wildman–Crippen LogP) is -0.0566. The van der Waals surface area contributed by atoms with E-state index in [0.29, 0.717) is 19.1 Å². The lowest BCUT2D eigenvalue weighted by atomic mass is 10.1. The molecule has 0 aromatic carbocycles. The van der Waals surface area contributed by atoms with Crippen molar-refractivity contribution in [3.05, 3.63) is 0 Å². The summed E-state index contributed by atoms with van der Waals surface area (Å²) in [6.07, 6.45) is 1.92. The number of hydrogen-bond donors (Lipinski definition) is 0. The van der Waals surface area contributed by atoms with Gasteiger partial charge in [-0.15, -0.1) is 0 Å². The Kier molecular flexibility index (Phi) is 3.49. The summed E-state index contributed by atoms with van der Waals surface area (Å²) in [5.41, 5.74) is -0.463. The first-order valence-electron chi connectivity index (χ1n) is 4.64. The number of rotatable bonds is 6. The molecule has 0 aromatic rings. The van der Waals surface area contributed by atoms with Gasteiger partial charge in [-0.05, 0) is 18.3 Å². The van der Waals surface area contributed by atoms with E-state index < -0.39 is 27.0 Å². The second kappa shape index (κ2) is 4.30. The van der Waals surface area contributed by atoms with Gasteiger partial charge in [0.1, 0.15) is 12.0 Å². The summed E-state index contributed by atoms with van der Waals surface area (Å²) in [6, 6.07) is 0. The summed E-state index contributed by atoms with van der Waals surface area (Å²) in [4.78, 5) is 21.2. The Morgan fingerprint density at radius 2 is 2.07 bits per heavy atom. The third-order valence-electron chi connectivity index (χ3n) is 2.55. The molecular formula is C9H14O5S. The average Bonchev–Trinajstić information content (AvgIpc) is 2.83. The van der Waals surface area contributed by atoms with Gasteiger partial charge in [0.05, 0.1) is 19.3 Å². The topological polar surface area (TPSA) is 77.5 Å². The molecule has 0 aromatic heterocycles. The number of carbonyl (C=O) groups excluding carboxylic acids is 2.